The summed E-state index contributed by atoms with van der Waals surface area (Å²) in [5.74, 6) is 0.147. The van der Waals surface area contributed by atoms with Crippen molar-refractivity contribution in [2.75, 3.05) is 13.1 Å². The molecule has 2 heterocycles. The van der Waals surface area contributed by atoms with Gasteiger partial charge in [0.1, 0.15) is 0 Å². The minimum absolute atomic E-state index is 0.112. The van der Waals surface area contributed by atoms with Crippen LogP contribution in [0.1, 0.15) is 42.9 Å². The van der Waals surface area contributed by atoms with E-state index < -0.39 is 0 Å². The summed E-state index contributed by atoms with van der Waals surface area (Å²) >= 11 is 0. The van der Waals surface area contributed by atoms with Crippen molar-refractivity contribution >= 4 is 16.9 Å². The summed E-state index contributed by atoms with van der Waals surface area (Å²) in [6, 6.07) is 2.09. The summed E-state index contributed by atoms with van der Waals surface area (Å²) in [6.45, 7) is 9.08. The molecule has 21 heavy (non-hydrogen) atoms. The van der Waals surface area contributed by atoms with Crippen LogP contribution in [-0.4, -0.2) is 33.8 Å². The van der Waals surface area contributed by atoms with Gasteiger partial charge >= 0.3 is 0 Å². The highest BCUT2D eigenvalue weighted by molar-refractivity contribution is 5.98. The van der Waals surface area contributed by atoms with Gasteiger partial charge in [0.2, 0.25) is 0 Å². The number of carbonyl (C=O) groups excluding carboxylic acids is 1. The minimum Gasteiger partial charge on any atom is -0.352 e. The Labute approximate surface area is 124 Å². The average molecular weight is 289 g/mol. The largest absolute Gasteiger partial charge is 0.352 e. The van der Waals surface area contributed by atoms with E-state index in [4.69, 9.17) is 5.73 Å². The lowest BCUT2D eigenvalue weighted by atomic mass is 10.1. The highest BCUT2D eigenvalue weighted by Crippen LogP contribution is 2.19. The number of hydrogen-bond donors (Lipinski definition) is 2. The fourth-order valence-corrected chi connectivity index (χ4v) is 2.12. The fraction of sp³-hybridized carbons (Fsp3) is 0.533. The molecular formula is C15H23N5O. The van der Waals surface area contributed by atoms with Crippen molar-refractivity contribution in [2.45, 2.75) is 33.7 Å². The van der Waals surface area contributed by atoms with Crippen molar-refractivity contribution in [3.8, 4) is 0 Å². The van der Waals surface area contributed by atoms with Gasteiger partial charge in [-0.3, -0.25) is 4.79 Å². The molecule has 1 unspecified atom stereocenters. The van der Waals surface area contributed by atoms with E-state index in [0.29, 0.717) is 24.3 Å². The lowest BCUT2D eigenvalue weighted by molar-refractivity contribution is 0.0947. The summed E-state index contributed by atoms with van der Waals surface area (Å²) in [5, 5.41) is 8.11. The van der Waals surface area contributed by atoms with Crippen molar-refractivity contribution in [2.24, 2.45) is 11.7 Å². The van der Waals surface area contributed by atoms with Crippen LogP contribution in [0.2, 0.25) is 0 Å². The van der Waals surface area contributed by atoms with Crippen LogP contribution in [0, 0.1) is 12.8 Å². The maximum Gasteiger partial charge on any atom is 0.253 e. The third kappa shape index (κ3) is 3.21. The highest BCUT2D eigenvalue weighted by atomic mass is 16.1. The van der Waals surface area contributed by atoms with Crippen LogP contribution < -0.4 is 11.1 Å². The first kappa shape index (κ1) is 15.4. The Morgan fingerprint density at radius 1 is 1.43 bits per heavy atom. The third-order valence-corrected chi connectivity index (χ3v) is 3.51. The molecule has 3 N–H and O–H groups in total. The zero-order valence-corrected chi connectivity index (χ0v) is 13.1. The molecule has 2 aromatic heterocycles. The van der Waals surface area contributed by atoms with Crippen molar-refractivity contribution in [1.29, 1.82) is 0 Å². The van der Waals surface area contributed by atoms with Gasteiger partial charge in [-0.15, -0.1) is 0 Å². The molecule has 0 aliphatic carbocycles. The van der Waals surface area contributed by atoms with Crippen LogP contribution in [0.25, 0.3) is 11.0 Å². The van der Waals surface area contributed by atoms with E-state index in [1.165, 1.54) is 0 Å². The average Bonchev–Trinajstić information content (AvgIpc) is 2.86. The standard InChI is InChI=1S/C15H23N5O/c1-9(2)20-14-12(8-18-20)5-13(11(4)19-14)15(21)17-7-10(3)6-16/h5,8-10H,6-7,16H2,1-4H3,(H,17,21). The number of amides is 1. The van der Waals surface area contributed by atoms with Crippen LogP contribution in [0.4, 0.5) is 0 Å². The number of nitrogens with zero attached hydrogens (tertiary/aromatic N) is 3. The Balaban J connectivity index is 2.29. The number of nitrogens with two attached hydrogens (primary N) is 1. The molecule has 0 fully saturated rings. The second-order valence-electron chi connectivity index (χ2n) is 5.77. The third-order valence-electron chi connectivity index (χ3n) is 3.51. The van der Waals surface area contributed by atoms with E-state index in [-0.39, 0.29) is 17.9 Å². The van der Waals surface area contributed by atoms with Crippen LogP contribution in [0.15, 0.2) is 12.3 Å². The summed E-state index contributed by atoms with van der Waals surface area (Å²) in [7, 11) is 0. The number of pyridine rings is 1. The Bertz CT molecular complexity index is 647. The first-order valence-electron chi connectivity index (χ1n) is 7.27. The Morgan fingerprint density at radius 3 is 2.76 bits per heavy atom. The highest BCUT2D eigenvalue weighted by Gasteiger charge is 2.15. The van der Waals surface area contributed by atoms with Gasteiger partial charge in [-0.05, 0) is 39.3 Å². The van der Waals surface area contributed by atoms with Gasteiger partial charge < -0.3 is 11.1 Å². The van der Waals surface area contributed by atoms with E-state index in [2.05, 4.69) is 29.2 Å². The Morgan fingerprint density at radius 2 is 2.14 bits per heavy atom. The van der Waals surface area contributed by atoms with Crippen molar-refractivity contribution in [1.82, 2.24) is 20.1 Å². The number of aromatic nitrogens is 3. The lowest BCUT2D eigenvalue weighted by Gasteiger charge is -2.12. The van der Waals surface area contributed by atoms with E-state index in [0.717, 1.165) is 11.0 Å². The predicted octanol–water partition coefficient (Wildman–Crippen LogP) is 1.65. The zero-order chi connectivity index (χ0) is 15.6. The van der Waals surface area contributed by atoms with E-state index >= 15 is 0 Å². The molecule has 0 radical (unpaired) electrons. The van der Waals surface area contributed by atoms with Gasteiger partial charge in [-0.1, -0.05) is 6.92 Å². The fourth-order valence-electron chi connectivity index (χ4n) is 2.12. The first-order valence-corrected chi connectivity index (χ1v) is 7.27. The number of aryl methyl sites for hydroxylation is 1. The number of rotatable bonds is 5. The smallest absolute Gasteiger partial charge is 0.253 e. The predicted molar refractivity (Wildman–Crippen MR) is 83.2 cm³/mol. The Kier molecular flexibility index (Phi) is 4.57. The number of hydrogen-bond acceptors (Lipinski definition) is 4. The number of carbonyl (C=O) groups is 1. The quantitative estimate of drug-likeness (QED) is 0.876. The summed E-state index contributed by atoms with van der Waals surface area (Å²) in [5.41, 5.74) is 7.68. The van der Waals surface area contributed by atoms with Gasteiger partial charge in [0.05, 0.1) is 17.5 Å². The molecule has 1 amide bonds. The van der Waals surface area contributed by atoms with Crippen LogP contribution in [0.5, 0.6) is 0 Å². The van der Waals surface area contributed by atoms with Gasteiger partial charge in [-0.25, -0.2) is 9.67 Å². The first-order chi connectivity index (χ1) is 9.93. The van der Waals surface area contributed by atoms with Crippen molar-refractivity contribution in [3.05, 3.63) is 23.5 Å². The molecule has 0 spiro atoms. The summed E-state index contributed by atoms with van der Waals surface area (Å²) in [6.07, 6.45) is 1.75. The van der Waals surface area contributed by atoms with Crippen LogP contribution in [0.3, 0.4) is 0 Å². The molecule has 0 bridgehead atoms. The molecule has 0 aliphatic rings. The zero-order valence-electron chi connectivity index (χ0n) is 13.1. The monoisotopic (exact) mass is 289 g/mol. The SMILES string of the molecule is Cc1nc2c(cnn2C(C)C)cc1C(=O)NCC(C)CN. The van der Waals surface area contributed by atoms with Gasteiger partial charge in [0.15, 0.2) is 5.65 Å². The van der Waals surface area contributed by atoms with Gasteiger partial charge in [0, 0.05) is 18.0 Å². The van der Waals surface area contributed by atoms with Crippen molar-refractivity contribution in [3.63, 3.8) is 0 Å². The maximum absolute atomic E-state index is 12.3. The molecule has 2 rings (SSSR count). The Hall–Kier alpha value is -1.95. The van der Waals surface area contributed by atoms with Gasteiger partial charge in [-0.2, -0.15) is 5.10 Å². The molecule has 0 aliphatic heterocycles. The molecule has 0 saturated carbocycles. The normalized spacial score (nSPS) is 12.9. The van der Waals surface area contributed by atoms with E-state index in [9.17, 15) is 4.79 Å². The molecule has 0 aromatic carbocycles. The second kappa shape index (κ2) is 6.22. The molecule has 0 saturated heterocycles. The summed E-state index contributed by atoms with van der Waals surface area (Å²) < 4.78 is 1.86. The van der Waals surface area contributed by atoms with Gasteiger partial charge in [0.25, 0.3) is 5.91 Å². The van der Waals surface area contributed by atoms with Crippen LogP contribution >= 0.6 is 0 Å². The minimum atomic E-state index is -0.112. The van der Waals surface area contributed by atoms with Crippen LogP contribution in [-0.2, 0) is 0 Å². The number of nitrogens with one attached hydrogen (secondary N) is 1. The van der Waals surface area contributed by atoms with Crippen molar-refractivity contribution < 1.29 is 4.79 Å². The summed E-state index contributed by atoms with van der Waals surface area (Å²) in [4.78, 5) is 16.8. The molecule has 2 aromatic rings. The molecule has 114 valence electrons. The lowest BCUT2D eigenvalue weighted by Crippen LogP contribution is -2.31. The molecular weight excluding hydrogens is 266 g/mol. The molecule has 6 heteroatoms. The number of fused-ring (bicyclic) bond motifs is 1. The maximum atomic E-state index is 12.3. The topological polar surface area (TPSA) is 85.8 Å². The van der Waals surface area contributed by atoms with E-state index in [1.807, 2.05) is 24.6 Å². The van der Waals surface area contributed by atoms with E-state index in [1.54, 1.807) is 6.20 Å². The molecule has 1 atom stereocenters. The molecule has 6 nitrogen and oxygen atoms in total. The second-order valence-corrected chi connectivity index (χ2v) is 5.77.